The van der Waals surface area contributed by atoms with Crippen molar-refractivity contribution in [2.75, 3.05) is 32.8 Å². The Bertz CT molecular complexity index is 517. The third-order valence-electron chi connectivity index (χ3n) is 9.01. The third kappa shape index (κ3) is 5.48. The van der Waals surface area contributed by atoms with Crippen molar-refractivity contribution in [1.82, 2.24) is 15.1 Å². The summed E-state index contributed by atoms with van der Waals surface area (Å²) < 4.78 is 7.00. The molecule has 0 N–H and O–H groups in total. The molecule has 0 amide bonds. The van der Waals surface area contributed by atoms with Crippen LogP contribution in [0.1, 0.15) is 113 Å². The van der Waals surface area contributed by atoms with Crippen LogP contribution in [0.2, 0.25) is 16.6 Å². The van der Waals surface area contributed by atoms with Crippen molar-refractivity contribution in [3.8, 4) is 0 Å². The van der Waals surface area contributed by atoms with E-state index in [0.717, 1.165) is 12.5 Å². The van der Waals surface area contributed by atoms with E-state index < -0.39 is 8.32 Å². The standard InChI is InChI=1S/C27H55N3OSi/c1-8-16-27(30(28-17-11-9-12-18-28)29-19-13-10-14-20-29)22-26(27)15-21-31-32(23(2)3,24(4)5)25(6)7/h23-26H,8-22H2,1-7H3/t26?,27-/m0/s1. The minimum atomic E-state index is -1.76. The van der Waals surface area contributed by atoms with Crippen LogP contribution < -0.4 is 0 Å². The first kappa shape index (κ1) is 26.7. The number of hydrazine groups is 2. The maximum atomic E-state index is 7.00. The molecule has 3 rings (SSSR count). The van der Waals surface area contributed by atoms with E-state index in [1.54, 1.807) is 0 Å². The normalized spacial score (nSPS) is 28.4. The maximum absolute atomic E-state index is 7.00. The molecule has 0 radical (unpaired) electrons. The van der Waals surface area contributed by atoms with E-state index in [0.29, 0.717) is 22.2 Å². The van der Waals surface area contributed by atoms with Gasteiger partial charge in [0.25, 0.3) is 0 Å². The molecule has 0 aromatic heterocycles. The van der Waals surface area contributed by atoms with Crippen molar-refractivity contribution >= 4 is 8.32 Å². The van der Waals surface area contributed by atoms with Gasteiger partial charge in [-0.05, 0) is 67.5 Å². The molecule has 2 heterocycles. The summed E-state index contributed by atoms with van der Waals surface area (Å²) in [6.45, 7) is 22.9. The van der Waals surface area contributed by atoms with Crippen LogP contribution in [0.5, 0.6) is 0 Å². The second-order valence-corrected chi connectivity index (χ2v) is 17.5. The van der Waals surface area contributed by atoms with Crippen LogP contribution in [0.25, 0.3) is 0 Å². The summed E-state index contributed by atoms with van der Waals surface area (Å²) in [6.07, 6.45) is 13.5. The Balaban J connectivity index is 1.72. The maximum Gasteiger partial charge on any atom is 0.200 e. The van der Waals surface area contributed by atoms with Gasteiger partial charge < -0.3 is 4.43 Å². The summed E-state index contributed by atoms with van der Waals surface area (Å²) >= 11 is 0. The van der Waals surface area contributed by atoms with Crippen LogP contribution in [0.15, 0.2) is 0 Å². The molecule has 3 aliphatic rings. The summed E-state index contributed by atoms with van der Waals surface area (Å²) in [6, 6.07) is 0. The molecular weight excluding hydrogens is 410 g/mol. The molecule has 2 atom stereocenters. The van der Waals surface area contributed by atoms with Gasteiger partial charge >= 0.3 is 0 Å². The highest BCUT2D eigenvalue weighted by Crippen LogP contribution is 2.55. The van der Waals surface area contributed by atoms with Gasteiger partial charge in [0, 0.05) is 32.8 Å². The van der Waals surface area contributed by atoms with Gasteiger partial charge in [0.15, 0.2) is 8.32 Å². The lowest BCUT2D eigenvalue weighted by Crippen LogP contribution is -2.62. The van der Waals surface area contributed by atoms with Crippen molar-refractivity contribution < 1.29 is 4.43 Å². The quantitative estimate of drug-likeness (QED) is 0.283. The molecule has 1 unspecified atom stereocenters. The van der Waals surface area contributed by atoms with Crippen molar-refractivity contribution in [2.45, 2.75) is 135 Å². The molecule has 32 heavy (non-hydrogen) atoms. The van der Waals surface area contributed by atoms with Gasteiger partial charge in [0.1, 0.15) is 0 Å². The number of hydrogen-bond donors (Lipinski definition) is 0. The second-order valence-electron chi connectivity index (χ2n) is 12.0. The SMILES string of the molecule is CCC[C@]1(N(N2CCCCC2)N2CCCCC2)CC1CCO[Si](C(C)C)(C(C)C)C(C)C. The minimum absolute atomic E-state index is 0.366. The van der Waals surface area contributed by atoms with Gasteiger partial charge in [0.05, 0.1) is 5.54 Å². The van der Waals surface area contributed by atoms with Crippen LogP contribution in [-0.2, 0) is 4.43 Å². The summed E-state index contributed by atoms with van der Waals surface area (Å²) in [5, 5.41) is 8.39. The van der Waals surface area contributed by atoms with Crippen molar-refractivity contribution in [3.05, 3.63) is 0 Å². The lowest BCUT2D eigenvalue weighted by molar-refractivity contribution is -0.238. The smallest absolute Gasteiger partial charge is 0.200 e. The molecule has 2 saturated heterocycles. The van der Waals surface area contributed by atoms with E-state index in [-0.39, 0.29) is 0 Å². The molecule has 2 aliphatic heterocycles. The Labute approximate surface area is 201 Å². The first-order valence-corrected chi connectivity index (χ1v) is 16.4. The van der Waals surface area contributed by atoms with Gasteiger partial charge in [-0.2, -0.15) is 5.12 Å². The third-order valence-corrected chi connectivity index (χ3v) is 15.1. The fourth-order valence-corrected chi connectivity index (χ4v) is 13.0. The summed E-state index contributed by atoms with van der Waals surface area (Å²) in [5.41, 5.74) is 2.41. The fraction of sp³-hybridized carbons (Fsp3) is 1.00. The van der Waals surface area contributed by atoms with E-state index in [1.165, 1.54) is 90.4 Å². The predicted octanol–water partition coefficient (Wildman–Crippen LogP) is 7.23. The van der Waals surface area contributed by atoms with Gasteiger partial charge in [0.2, 0.25) is 0 Å². The summed E-state index contributed by atoms with van der Waals surface area (Å²) in [4.78, 5) is 0. The van der Waals surface area contributed by atoms with Gasteiger partial charge in [-0.1, -0.05) is 67.7 Å². The zero-order valence-corrected chi connectivity index (χ0v) is 23.7. The molecule has 188 valence electrons. The monoisotopic (exact) mass is 465 g/mol. The Hall–Kier alpha value is 0.0569. The van der Waals surface area contributed by atoms with E-state index >= 15 is 0 Å². The zero-order valence-electron chi connectivity index (χ0n) is 22.7. The Morgan fingerprint density at radius 2 is 1.28 bits per heavy atom. The first-order chi connectivity index (χ1) is 15.3. The molecular formula is C27H55N3OSi. The molecule has 0 aromatic rings. The molecule has 4 nitrogen and oxygen atoms in total. The van der Waals surface area contributed by atoms with Crippen LogP contribution in [0, 0.1) is 5.92 Å². The topological polar surface area (TPSA) is 19.0 Å². The minimum Gasteiger partial charge on any atom is -0.416 e. The van der Waals surface area contributed by atoms with Gasteiger partial charge in [-0.25, -0.2) is 10.0 Å². The average Bonchev–Trinajstić information content (AvgIpc) is 3.45. The fourth-order valence-electron chi connectivity index (χ4n) is 7.58. The van der Waals surface area contributed by atoms with Crippen molar-refractivity contribution in [3.63, 3.8) is 0 Å². The van der Waals surface area contributed by atoms with E-state index in [2.05, 4.69) is 63.6 Å². The molecule has 3 fully saturated rings. The average molecular weight is 466 g/mol. The van der Waals surface area contributed by atoms with E-state index in [4.69, 9.17) is 4.43 Å². The number of piperidine rings is 2. The summed E-state index contributed by atoms with van der Waals surface area (Å²) in [5.74, 6) is 0.796. The van der Waals surface area contributed by atoms with Crippen molar-refractivity contribution in [2.24, 2.45) is 5.92 Å². The van der Waals surface area contributed by atoms with E-state index in [9.17, 15) is 0 Å². The van der Waals surface area contributed by atoms with Gasteiger partial charge in [-0.15, -0.1) is 0 Å². The lowest BCUT2D eigenvalue weighted by Gasteiger charge is -2.50. The second kappa shape index (κ2) is 11.7. The molecule has 0 aromatic carbocycles. The predicted molar refractivity (Wildman–Crippen MR) is 140 cm³/mol. The molecule has 1 saturated carbocycles. The highest BCUT2D eigenvalue weighted by molar-refractivity contribution is 6.77. The number of rotatable bonds is 12. The van der Waals surface area contributed by atoms with Crippen LogP contribution >= 0.6 is 0 Å². The number of nitrogens with zero attached hydrogens (tertiary/aromatic N) is 3. The lowest BCUT2D eigenvalue weighted by atomic mass is 10.0. The van der Waals surface area contributed by atoms with Crippen molar-refractivity contribution in [1.29, 1.82) is 0 Å². The molecule has 5 heteroatoms. The van der Waals surface area contributed by atoms with E-state index in [1.807, 2.05) is 0 Å². The van der Waals surface area contributed by atoms with Crippen LogP contribution in [0.3, 0.4) is 0 Å². The Kier molecular flexibility index (Phi) is 9.71. The largest absolute Gasteiger partial charge is 0.416 e. The van der Waals surface area contributed by atoms with Crippen LogP contribution in [0.4, 0.5) is 0 Å². The molecule has 0 spiro atoms. The highest BCUT2D eigenvalue weighted by atomic mass is 28.4. The Morgan fingerprint density at radius 3 is 1.69 bits per heavy atom. The Morgan fingerprint density at radius 1 is 0.812 bits per heavy atom. The molecule has 0 bridgehead atoms. The van der Waals surface area contributed by atoms with Gasteiger partial charge in [-0.3, -0.25) is 0 Å². The zero-order chi connectivity index (χ0) is 23.4. The number of hydrogen-bond acceptors (Lipinski definition) is 4. The first-order valence-electron chi connectivity index (χ1n) is 14.2. The molecule has 1 aliphatic carbocycles. The van der Waals surface area contributed by atoms with Crippen LogP contribution in [-0.4, -0.2) is 61.8 Å². The summed E-state index contributed by atoms with van der Waals surface area (Å²) in [7, 11) is -1.76. The highest BCUT2D eigenvalue weighted by Gasteiger charge is 2.60.